The van der Waals surface area contributed by atoms with Crippen LogP contribution in [-0.4, -0.2) is 71.9 Å². The Morgan fingerprint density at radius 1 is 1.02 bits per heavy atom. The summed E-state index contributed by atoms with van der Waals surface area (Å²) in [5, 5.41) is 30.0. The first kappa shape index (κ1) is 34.9. The molecule has 4 rings (SSSR count). The smallest absolute Gasteiger partial charge is 0.490 e. The van der Waals surface area contributed by atoms with E-state index in [0.717, 1.165) is 40.8 Å². The molecule has 242 valence electrons. The van der Waals surface area contributed by atoms with E-state index in [-0.39, 0.29) is 18.3 Å². The van der Waals surface area contributed by atoms with Crippen LogP contribution in [0.4, 0.5) is 13.2 Å². The minimum absolute atomic E-state index is 0.0124. The Morgan fingerprint density at radius 2 is 1.71 bits per heavy atom. The van der Waals surface area contributed by atoms with Crippen molar-refractivity contribution in [2.45, 2.75) is 45.1 Å². The molecule has 3 aromatic rings. The van der Waals surface area contributed by atoms with Crippen molar-refractivity contribution >= 4 is 18.0 Å². The second-order valence-electron chi connectivity index (χ2n) is 10.0. The number of benzene rings is 3. The van der Waals surface area contributed by atoms with Crippen LogP contribution in [0.5, 0.6) is 17.2 Å². The van der Waals surface area contributed by atoms with Crippen molar-refractivity contribution in [3.05, 3.63) is 83.4 Å². The van der Waals surface area contributed by atoms with Gasteiger partial charge < -0.3 is 34.8 Å². The molecule has 1 aliphatic heterocycles. The summed E-state index contributed by atoms with van der Waals surface area (Å²) in [5.74, 6) is -1.54. The molecule has 45 heavy (non-hydrogen) atoms. The number of aromatic carboxylic acids is 1. The molecule has 1 unspecified atom stereocenters. The van der Waals surface area contributed by atoms with Crippen LogP contribution >= 0.6 is 0 Å². The molecule has 4 N–H and O–H groups in total. The van der Waals surface area contributed by atoms with E-state index >= 15 is 0 Å². The van der Waals surface area contributed by atoms with Gasteiger partial charge in [-0.15, -0.1) is 0 Å². The molecule has 0 saturated carbocycles. The third-order valence-corrected chi connectivity index (χ3v) is 6.61. The highest BCUT2D eigenvalue weighted by Crippen LogP contribution is 2.32. The number of carboxylic acid groups (broad SMARTS) is 2. The van der Waals surface area contributed by atoms with Gasteiger partial charge in [0, 0.05) is 13.1 Å². The molecule has 0 spiro atoms. The van der Waals surface area contributed by atoms with Crippen LogP contribution in [0.1, 0.15) is 41.8 Å². The number of nitrogens with one attached hydrogen (secondary N) is 1. The van der Waals surface area contributed by atoms with Crippen LogP contribution in [0.15, 0.2) is 66.7 Å². The molecule has 0 aliphatic carbocycles. The number of carboxylic acids is 2. The molecule has 9 nitrogen and oxygen atoms in total. The van der Waals surface area contributed by atoms with Crippen LogP contribution in [0, 0.1) is 0 Å². The number of hydrogen-bond donors (Lipinski definition) is 4. The highest BCUT2D eigenvalue weighted by atomic mass is 19.4. The van der Waals surface area contributed by atoms with Crippen molar-refractivity contribution in [3.8, 4) is 28.4 Å². The maximum atomic E-state index is 11.1. The summed E-state index contributed by atoms with van der Waals surface area (Å²) in [6.07, 6.45) is -0.0491. The Labute approximate surface area is 258 Å². The third-order valence-electron chi connectivity index (χ3n) is 6.61. The van der Waals surface area contributed by atoms with E-state index in [9.17, 15) is 23.1 Å². The average Bonchev–Trinajstić information content (AvgIpc) is 3.01. The van der Waals surface area contributed by atoms with E-state index in [1.165, 1.54) is 0 Å². The van der Waals surface area contributed by atoms with Crippen molar-refractivity contribution in [3.63, 3.8) is 0 Å². The topological polar surface area (TPSA) is 135 Å². The maximum absolute atomic E-state index is 11.1. The van der Waals surface area contributed by atoms with Gasteiger partial charge in [0.2, 0.25) is 0 Å². The lowest BCUT2D eigenvalue weighted by molar-refractivity contribution is -0.192. The van der Waals surface area contributed by atoms with Crippen molar-refractivity contribution < 1.29 is 52.3 Å². The number of fused-ring (bicyclic) bond motifs is 1. The van der Waals surface area contributed by atoms with Gasteiger partial charge in [0.25, 0.3) is 0 Å². The van der Waals surface area contributed by atoms with Gasteiger partial charge in [-0.3, -0.25) is 0 Å². The van der Waals surface area contributed by atoms with E-state index in [4.69, 9.17) is 29.2 Å². The number of rotatable bonds is 12. The summed E-state index contributed by atoms with van der Waals surface area (Å²) in [4.78, 5) is 20.0. The molecule has 0 radical (unpaired) electrons. The number of halogens is 3. The molecule has 3 aromatic carbocycles. The minimum Gasteiger partial charge on any atom is -0.490 e. The number of hydrogen-bond acceptors (Lipinski definition) is 7. The number of aliphatic hydroxyl groups is 1. The molecule has 0 bridgehead atoms. The Balaban J connectivity index is 0.000000707. The number of aliphatic hydroxyl groups excluding tert-OH is 1. The van der Waals surface area contributed by atoms with Gasteiger partial charge in [-0.05, 0) is 85.3 Å². The third kappa shape index (κ3) is 10.8. The van der Waals surface area contributed by atoms with Gasteiger partial charge in [0.15, 0.2) is 11.5 Å². The highest BCUT2D eigenvalue weighted by molar-refractivity contribution is 5.88. The summed E-state index contributed by atoms with van der Waals surface area (Å²) in [6.45, 7) is 5.58. The quantitative estimate of drug-likeness (QED) is 0.195. The van der Waals surface area contributed by atoms with Crippen molar-refractivity contribution in [1.82, 2.24) is 5.32 Å². The zero-order valence-corrected chi connectivity index (χ0v) is 24.8. The molecule has 1 heterocycles. The van der Waals surface area contributed by atoms with Crippen molar-refractivity contribution in [2.75, 3.05) is 26.3 Å². The normalized spacial score (nSPS) is 14.8. The summed E-state index contributed by atoms with van der Waals surface area (Å²) in [6, 6.07) is 18.7. The van der Waals surface area contributed by atoms with Crippen LogP contribution < -0.4 is 19.5 Å². The molecule has 0 amide bonds. The Kier molecular flexibility index (Phi) is 12.8. The fourth-order valence-corrected chi connectivity index (χ4v) is 4.44. The molecular formula is C33H36F3NO8. The second kappa shape index (κ2) is 16.5. The zero-order valence-electron chi connectivity index (χ0n) is 24.8. The molecule has 0 fully saturated rings. The van der Waals surface area contributed by atoms with Gasteiger partial charge in [-0.1, -0.05) is 36.4 Å². The first-order chi connectivity index (χ1) is 21.4. The predicted molar refractivity (Wildman–Crippen MR) is 162 cm³/mol. The lowest BCUT2D eigenvalue weighted by Gasteiger charge is -2.27. The number of alkyl halides is 3. The number of ether oxygens (including phenoxy) is 3. The van der Waals surface area contributed by atoms with E-state index < -0.39 is 24.2 Å². The molecular weight excluding hydrogens is 595 g/mol. The molecule has 0 aromatic heterocycles. The number of aliphatic carboxylic acids is 1. The SMILES string of the molecule is C/C=C/c1ccc(OCC)c(OCC(O)CNC[C@H]2CCc3cc(-c4ccc(C(=O)O)cc4)ccc3O2)c1.O=C(O)C(F)(F)F. The number of carbonyl (C=O) groups is 2. The van der Waals surface area contributed by atoms with E-state index in [0.29, 0.717) is 31.2 Å². The van der Waals surface area contributed by atoms with Gasteiger partial charge in [0.05, 0.1) is 12.2 Å². The summed E-state index contributed by atoms with van der Waals surface area (Å²) >= 11 is 0. The molecule has 0 saturated heterocycles. The summed E-state index contributed by atoms with van der Waals surface area (Å²) in [5.41, 5.74) is 4.43. The van der Waals surface area contributed by atoms with E-state index in [1.54, 1.807) is 12.1 Å². The van der Waals surface area contributed by atoms with Crippen LogP contribution in [0.2, 0.25) is 0 Å². The average molecular weight is 632 g/mol. The monoisotopic (exact) mass is 631 g/mol. The Hall–Kier alpha value is -4.55. The molecule has 1 aliphatic rings. The maximum Gasteiger partial charge on any atom is 0.490 e. The van der Waals surface area contributed by atoms with E-state index in [2.05, 4.69) is 11.4 Å². The fourth-order valence-electron chi connectivity index (χ4n) is 4.44. The van der Waals surface area contributed by atoms with Gasteiger partial charge in [0.1, 0.15) is 24.6 Å². The first-order valence-electron chi connectivity index (χ1n) is 14.3. The minimum atomic E-state index is -5.08. The lowest BCUT2D eigenvalue weighted by atomic mass is 9.96. The van der Waals surface area contributed by atoms with Gasteiger partial charge in [-0.25, -0.2) is 9.59 Å². The largest absolute Gasteiger partial charge is 0.490 e. The zero-order chi connectivity index (χ0) is 33.0. The van der Waals surface area contributed by atoms with Crippen molar-refractivity contribution in [2.24, 2.45) is 0 Å². The van der Waals surface area contributed by atoms with Crippen molar-refractivity contribution in [1.29, 1.82) is 0 Å². The Morgan fingerprint density at radius 3 is 2.33 bits per heavy atom. The van der Waals surface area contributed by atoms with Crippen LogP contribution in [-0.2, 0) is 11.2 Å². The fraction of sp³-hybridized carbons (Fsp3) is 0.333. The second-order valence-corrected chi connectivity index (χ2v) is 10.0. The summed E-state index contributed by atoms with van der Waals surface area (Å²) in [7, 11) is 0. The standard InChI is InChI=1S/C31H35NO6.C2HF3O2/c1-3-5-21-6-14-29(36-4-2)30(16-21)37-20-26(33)18-32-19-27-13-11-25-17-24(12-15-28(25)38-27)22-7-9-23(10-8-22)31(34)35;3-2(4,5)1(6)7/h3,5-10,12,14-17,26-27,32-33H,4,11,13,18-20H2,1-2H3,(H,34,35);(H,6,7)/b5-3+;/t26?,27-;/m1./s1. The molecule has 2 atom stereocenters. The number of aryl methyl sites for hydroxylation is 1. The van der Waals surface area contributed by atoms with E-state index in [1.807, 2.05) is 68.5 Å². The van der Waals surface area contributed by atoms with Crippen LogP contribution in [0.3, 0.4) is 0 Å². The predicted octanol–water partition coefficient (Wildman–Crippen LogP) is 5.84. The summed E-state index contributed by atoms with van der Waals surface area (Å²) < 4.78 is 49.5. The Bertz CT molecular complexity index is 1460. The van der Waals surface area contributed by atoms with Gasteiger partial charge in [-0.2, -0.15) is 13.2 Å². The highest BCUT2D eigenvalue weighted by Gasteiger charge is 2.38. The molecule has 12 heteroatoms. The first-order valence-corrected chi connectivity index (χ1v) is 14.3. The lowest BCUT2D eigenvalue weighted by Crippen LogP contribution is -2.39. The van der Waals surface area contributed by atoms with Gasteiger partial charge >= 0.3 is 18.1 Å². The number of allylic oxidation sites excluding steroid dienone is 1. The van der Waals surface area contributed by atoms with Crippen LogP contribution in [0.25, 0.3) is 17.2 Å².